The maximum atomic E-state index is 12.6. The van der Waals surface area contributed by atoms with Crippen molar-refractivity contribution in [3.8, 4) is 5.75 Å². The van der Waals surface area contributed by atoms with E-state index in [0.29, 0.717) is 0 Å². The summed E-state index contributed by atoms with van der Waals surface area (Å²) in [5, 5.41) is 0. The van der Waals surface area contributed by atoms with Crippen LogP contribution in [0.25, 0.3) is 0 Å². The molecular formula is C17H19NO4. The average molecular weight is 301 g/mol. The van der Waals surface area contributed by atoms with Crippen molar-refractivity contribution in [2.24, 2.45) is 5.92 Å². The molecule has 2 atom stereocenters. The van der Waals surface area contributed by atoms with Gasteiger partial charge in [0.05, 0.1) is 13.2 Å². The van der Waals surface area contributed by atoms with Crippen LogP contribution in [0.1, 0.15) is 43.7 Å². The molecule has 1 saturated carbocycles. The van der Waals surface area contributed by atoms with Gasteiger partial charge in [0.2, 0.25) is 5.91 Å². The standard InChI is InChI=1S/C17H19NO4/c1-21-16(20)13-14-11-7-3-4-8-12(11)22-17(18(14)15(13)19)9-5-2-6-10-17/h3-4,7-8,13-14H,2,5-6,9-10H2,1H3/t13-,14-/m0/s1. The molecule has 1 saturated heterocycles. The number of ether oxygens (including phenoxy) is 2. The summed E-state index contributed by atoms with van der Waals surface area (Å²) in [4.78, 5) is 26.5. The van der Waals surface area contributed by atoms with Crippen LogP contribution in [-0.4, -0.2) is 29.6 Å². The minimum atomic E-state index is -0.728. The maximum Gasteiger partial charge on any atom is 0.320 e. The zero-order chi connectivity index (χ0) is 15.3. The summed E-state index contributed by atoms with van der Waals surface area (Å²) in [6.07, 6.45) is 4.91. The molecule has 2 heterocycles. The van der Waals surface area contributed by atoms with Gasteiger partial charge in [-0.1, -0.05) is 24.6 Å². The molecule has 1 amide bonds. The quantitative estimate of drug-likeness (QED) is 0.454. The maximum absolute atomic E-state index is 12.6. The molecule has 2 aliphatic heterocycles. The van der Waals surface area contributed by atoms with Gasteiger partial charge in [0.15, 0.2) is 11.6 Å². The fourth-order valence-electron chi connectivity index (χ4n) is 4.14. The number of carbonyl (C=O) groups excluding carboxylic acids is 2. The highest BCUT2D eigenvalue weighted by Crippen LogP contribution is 2.55. The van der Waals surface area contributed by atoms with Crippen LogP contribution in [0.15, 0.2) is 24.3 Å². The van der Waals surface area contributed by atoms with Gasteiger partial charge in [-0.05, 0) is 18.9 Å². The van der Waals surface area contributed by atoms with Crippen molar-refractivity contribution in [1.82, 2.24) is 4.90 Å². The Balaban J connectivity index is 1.80. The predicted octanol–water partition coefficient (Wildman–Crippen LogP) is 2.41. The Morgan fingerprint density at radius 1 is 1.27 bits per heavy atom. The molecule has 1 spiro atoms. The molecule has 5 nitrogen and oxygen atoms in total. The van der Waals surface area contributed by atoms with Gasteiger partial charge in [0.25, 0.3) is 0 Å². The molecule has 0 N–H and O–H groups in total. The lowest BCUT2D eigenvalue weighted by molar-refractivity contribution is -0.217. The zero-order valence-corrected chi connectivity index (χ0v) is 12.6. The molecule has 3 aliphatic rings. The van der Waals surface area contributed by atoms with Crippen molar-refractivity contribution >= 4 is 11.9 Å². The Labute approximate surface area is 129 Å². The number of nitrogens with zero attached hydrogens (tertiary/aromatic N) is 1. The number of fused-ring (bicyclic) bond motifs is 4. The summed E-state index contributed by atoms with van der Waals surface area (Å²) in [6, 6.07) is 7.46. The van der Waals surface area contributed by atoms with Gasteiger partial charge < -0.3 is 9.47 Å². The summed E-state index contributed by atoms with van der Waals surface area (Å²) < 4.78 is 11.1. The van der Waals surface area contributed by atoms with E-state index in [9.17, 15) is 9.59 Å². The van der Waals surface area contributed by atoms with Crippen LogP contribution in [0.5, 0.6) is 5.75 Å². The van der Waals surface area contributed by atoms with E-state index in [0.717, 1.165) is 37.0 Å². The number of hydrogen-bond donors (Lipinski definition) is 0. The van der Waals surface area contributed by atoms with E-state index in [1.807, 2.05) is 24.3 Å². The number of methoxy groups -OCH3 is 1. The third-order valence-electron chi connectivity index (χ3n) is 5.16. The number of esters is 1. The van der Waals surface area contributed by atoms with E-state index in [4.69, 9.17) is 9.47 Å². The molecule has 1 aromatic rings. The van der Waals surface area contributed by atoms with Crippen molar-refractivity contribution in [3.05, 3.63) is 29.8 Å². The molecule has 2 fully saturated rings. The van der Waals surface area contributed by atoms with Crippen LogP contribution >= 0.6 is 0 Å². The van der Waals surface area contributed by atoms with Gasteiger partial charge in [-0.25, -0.2) is 0 Å². The Morgan fingerprint density at radius 3 is 2.73 bits per heavy atom. The first-order chi connectivity index (χ1) is 10.7. The summed E-state index contributed by atoms with van der Waals surface area (Å²) in [7, 11) is 1.33. The van der Waals surface area contributed by atoms with Crippen molar-refractivity contribution in [2.45, 2.75) is 43.9 Å². The van der Waals surface area contributed by atoms with Gasteiger partial charge in [0.1, 0.15) is 5.75 Å². The summed E-state index contributed by atoms with van der Waals surface area (Å²) in [6.45, 7) is 0. The molecule has 0 unspecified atom stereocenters. The van der Waals surface area contributed by atoms with E-state index in [2.05, 4.69) is 0 Å². The second-order valence-corrected chi connectivity index (χ2v) is 6.30. The Morgan fingerprint density at radius 2 is 2.00 bits per heavy atom. The minimum absolute atomic E-state index is 0.159. The number of benzene rings is 1. The van der Waals surface area contributed by atoms with Crippen molar-refractivity contribution in [3.63, 3.8) is 0 Å². The monoisotopic (exact) mass is 301 g/mol. The van der Waals surface area contributed by atoms with Gasteiger partial charge >= 0.3 is 5.97 Å². The van der Waals surface area contributed by atoms with Crippen LogP contribution in [0.2, 0.25) is 0 Å². The van der Waals surface area contributed by atoms with Gasteiger partial charge in [-0.2, -0.15) is 0 Å². The third kappa shape index (κ3) is 1.65. The summed E-state index contributed by atoms with van der Waals surface area (Å²) in [5.41, 5.74) is 0.340. The van der Waals surface area contributed by atoms with E-state index < -0.39 is 17.6 Å². The van der Waals surface area contributed by atoms with Crippen LogP contribution in [0, 0.1) is 5.92 Å². The topological polar surface area (TPSA) is 55.8 Å². The number of hydrogen-bond acceptors (Lipinski definition) is 4. The Kier molecular flexibility index (Phi) is 2.93. The first kappa shape index (κ1) is 13.6. The highest BCUT2D eigenvalue weighted by Gasteiger charge is 2.64. The molecule has 4 rings (SSSR count). The lowest BCUT2D eigenvalue weighted by Gasteiger charge is -2.59. The van der Waals surface area contributed by atoms with Crippen molar-refractivity contribution in [1.29, 1.82) is 0 Å². The first-order valence-corrected chi connectivity index (χ1v) is 7.87. The second kappa shape index (κ2) is 4.73. The molecule has 1 aromatic carbocycles. The summed E-state index contributed by atoms with van der Waals surface area (Å²) >= 11 is 0. The van der Waals surface area contributed by atoms with Crippen molar-refractivity contribution in [2.75, 3.05) is 7.11 Å². The smallest absolute Gasteiger partial charge is 0.320 e. The van der Waals surface area contributed by atoms with E-state index >= 15 is 0 Å². The third-order valence-corrected chi connectivity index (χ3v) is 5.16. The number of rotatable bonds is 1. The molecule has 5 heteroatoms. The molecule has 1 aliphatic carbocycles. The SMILES string of the molecule is COC(=O)[C@@H]1C(=O)N2[C@H]1c1ccccc1OC21CCCCC1. The average Bonchev–Trinajstić information content (AvgIpc) is 2.54. The van der Waals surface area contributed by atoms with Gasteiger partial charge in [0, 0.05) is 18.4 Å². The largest absolute Gasteiger partial charge is 0.468 e. The lowest BCUT2D eigenvalue weighted by Crippen LogP contribution is -2.71. The fourth-order valence-corrected chi connectivity index (χ4v) is 4.14. The van der Waals surface area contributed by atoms with Gasteiger partial charge in [-0.15, -0.1) is 0 Å². The Bertz CT molecular complexity index is 635. The van der Waals surface area contributed by atoms with Crippen LogP contribution < -0.4 is 4.74 Å². The number of amides is 1. The first-order valence-electron chi connectivity index (χ1n) is 7.87. The molecule has 116 valence electrons. The van der Waals surface area contributed by atoms with Crippen molar-refractivity contribution < 1.29 is 19.1 Å². The molecule has 0 aromatic heterocycles. The van der Waals surface area contributed by atoms with Crippen LogP contribution in [-0.2, 0) is 14.3 Å². The number of carbonyl (C=O) groups is 2. The highest BCUT2D eigenvalue weighted by molar-refractivity contribution is 6.04. The molecule has 0 radical (unpaired) electrons. The number of β-lactam (4-membered cyclic amide) rings is 1. The normalized spacial score (nSPS) is 28.2. The second-order valence-electron chi connectivity index (χ2n) is 6.30. The van der Waals surface area contributed by atoms with E-state index in [-0.39, 0.29) is 11.9 Å². The summed E-state index contributed by atoms with van der Waals surface area (Å²) in [5.74, 6) is -0.539. The van der Waals surface area contributed by atoms with Crippen LogP contribution in [0.3, 0.4) is 0 Å². The van der Waals surface area contributed by atoms with Crippen LogP contribution in [0.4, 0.5) is 0 Å². The number of para-hydroxylation sites is 1. The van der Waals surface area contributed by atoms with Gasteiger partial charge in [-0.3, -0.25) is 14.5 Å². The predicted molar refractivity (Wildman–Crippen MR) is 78.0 cm³/mol. The molecule has 0 bridgehead atoms. The fraction of sp³-hybridized carbons (Fsp3) is 0.529. The van der Waals surface area contributed by atoms with E-state index in [1.165, 1.54) is 13.5 Å². The van der Waals surface area contributed by atoms with E-state index in [1.54, 1.807) is 4.90 Å². The highest BCUT2D eigenvalue weighted by atomic mass is 16.5. The molecule has 22 heavy (non-hydrogen) atoms. The molecular weight excluding hydrogens is 282 g/mol. The minimum Gasteiger partial charge on any atom is -0.468 e. The Hall–Kier alpha value is -2.04. The zero-order valence-electron chi connectivity index (χ0n) is 12.6. The lowest BCUT2D eigenvalue weighted by atomic mass is 9.75.